The number of ether oxygens (including phenoxy) is 2. The van der Waals surface area contributed by atoms with Gasteiger partial charge in [-0.1, -0.05) is 11.6 Å². The molecule has 0 bridgehead atoms. The second-order valence-corrected chi connectivity index (χ2v) is 7.98. The molecule has 0 amide bonds. The lowest BCUT2D eigenvalue weighted by molar-refractivity contribution is -0.143. The zero-order valence-corrected chi connectivity index (χ0v) is 17.7. The predicted octanol–water partition coefficient (Wildman–Crippen LogP) is 2.49. The number of aromatic nitrogens is 1. The third-order valence-corrected chi connectivity index (χ3v) is 6.65. The van der Waals surface area contributed by atoms with E-state index in [0.29, 0.717) is 5.69 Å². The largest absolute Gasteiger partial charge is 0.466 e. The van der Waals surface area contributed by atoms with Crippen molar-refractivity contribution in [2.24, 2.45) is 10.8 Å². The number of esters is 2. The van der Waals surface area contributed by atoms with E-state index in [2.05, 4.69) is 4.98 Å². The summed E-state index contributed by atoms with van der Waals surface area (Å²) in [6.07, 6.45) is 3.59. The average molecular weight is 440 g/mol. The maximum Gasteiger partial charge on any atom is 0.337 e. The molecule has 2 unspecified atom stereocenters. The average Bonchev–Trinajstić information content (AvgIpc) is 3.24. The maximum atomic E-state index is 13.2. The van der Waals surface area contributed by atoms with Gasteiger partial charge in [-0.25, -0.2) is 9.59 Å². The molecule has 0 saturated carbocycles. The van der Waals surface area contributed by atoms with Crippen LogP contribution in [0.4, 0.5) is 0 Å². The van der Waals surface area contributed by atoms with Crippen LogP contribution in [0.25, 0.3) is 5.57 Å². The highest BCUT2D eigenvalue weighted by Gasteiger charge is 2.80. The lowest BCUT2D eigenvalue weighted by atomic mass is 9.46. The lowest BCUT2D eigenvalue weighted by Gasteiger charge is -2.47. The molecule has 1 aromatic rings. The first-order chi connectivity index (χ1) is 14.8. The number of carbonyl (C=O) groups excluding carboxylic acids is 3. The fourth-order valence-electron chi connectivity index (χ4n) is 4.99. The van der Waals surface area contributed by atoms with Crippen molar-refractivity contribution in [1.29, 1.82) is 10.5 Å². The molecule has 31 heavy (non-hydrogen) atoms. The van der Waals surface area contributed by atoms with Crippen LogP contribution in [-0.2, 0) is 36.7 Å². The quantitative estimate of drug-likeness (QED) is 0.712. The summed E-state index contributed by atoms with van der Waals surface area (Å²) in [5, 5.41) is 19.8. The van der Waals surface area contributed by atoms with Crippen molar-refractivity contribution in [3.63, 3.8) is 0 Å². The van der Waals surface area contributed by atoms with Gasteiger partial charge in [0.25, 0.3) is 0 Å². The van der Waals surface area contributed by atoms with Crippen molar-refractivity contribution in [2.75, 3.05) is 13.7 Å². The molecule has 1 N–H and O–H groups in total. The third kappa shape index (κ3) is 2.31. The van der Waals surface area contributed by atoms with Gasteiger partial charge in [-0.15, -0.1) is 0 Å². The van der Waals surface area contributed by atoms with Crippen LogP contribution in [0.3, 0.4) is 0 Å². The standard InChI is InChI=1S/C22H18ClN3O5/c1-3-31-20(29)15-14(13-8-11-6-4-5-7-12(11)26-13)21(9-24)16(19(28)30-2)17(23)18(27)22(15,21)10-25/h8,26H,3-7H2,1-2H3. The number of aromatic amines is 1. The van der Waals surface area contributed by atoms with Crippen molar-refractivity contribution >= 4 is 34.9 Å². The lowest BCUT2D eigenvalue weighted by Crippen LogP contribution is -2.56. The van der Waals surface area contributed by atoms with Gasteiger partial charge in [0, 0.05) is 17.0 Å². The number of fused-ring (bicyclic) bond motifs is 2. The minimum absolute atomic E-state index is 0.00287. The van der Waals surface area contributed by atoms with Crippen LogP contribution >= 0.6 is 11.6 Å². The van der Waals surface area contributed by atoms with Gasteiger partial charge in [-0.05, 0) is 44.2 Å². The molecule has 4 rings (SSSR count). The molecule has 0 fully saturated rings. The van der Waals surface area contributed by atoms with Crippen molar-refractivity contribution in [3.8, 4) is 12.1 Å². The van der Waals surface area contributed by atoms with Crippen molar-refractivity contribution in [3.05, 3.63) is 39.2 Å². The minimum atomic E-state index is -2.28. The van der Waals surface area contributed by atoms with Crippen LogP contribution in [0, 0.1) is 33.5 Å². The number of nitrogens with one attached hydrogen (secondary N) is 1. The predicted molar refractivity (Wildman–Crippen MR) is 107 cm³/mol. The molecule has 3 aliphatic carbocycles. The first-order valence-corrected chi connectivity index (χ1v) is 10.2. The highest BCUT2D eigenvalue weighted by atomic mass is 35.5. The van der Waals surface area contributed by atoms with Gasteiger partial charge in [0.05, 0.1) is 42.0 Å². The van der Waals surface area contributed by atoms with Crippen LogP contribution in [0.5, 0.6) is 0 Å². The topological polar surface area (TPSA) is 133 Å². The fraction of sp³-hybridized carbons (Fsp3) is 0.409. The van der Waals surface area contributed by atoms with Gasteiger partial charge in [0.1, 0.15) is 5.41 Å². The first kappa shape index (κ1) is 20.9. The number of carbonyl (C=O) groups is 3. The monoisotopic (exact) mass is 439 g/mol. The summed E-state index contributed by atoms with van der Waals surface area (Å²) in [5.74, 6) is -2.89. The summed E-state index contributed by atoms with van der Waals surface area (Å²) in [6, 6.07) is 5.61. The number of allylic oxidation sites excluding steroid dienone is 2. The zero-order valence-electron chi connectivity index (χ0n) is 16.9. The molecule has 1 aromatic heterocycles. The van der Waals surface area contributed by atoms with Gasteiger partial charge < -0.3 is 14.5 Å². The smallest absolute Gasteiger partial charge is 0.337 e. The molecule has 0 saturated heterocycles. The number of hydrogen-bond donors (Lipinski definition) is 1. The Hall–Kier alpha value is -3.36. The second-order valence-electron chi connectivity index (χ2n) is 7.60. The Bertz CT molecular complexity index is 1170. The van der Waals surface area contributed by atoms with Crippen molar-refractivity contribution in [2.45, 2.75) is 32.6 Å². The first-order valence-electron chi connectivity index (χ1n) is 9.85. The van der Waals surface area contributed by atoms with Crippen LogP contribution in [0.15, 0.2) is 22.2 Å². The van der Waals surface area contributed by atoms with Gasteiger partial charge >= 0.3 is 11.9 Å². The Kier molecular flexibility index (Phi) is 4.79. The molecule has 0 radical (unpaired) electrons. The molecule has 1 heterocycles. The van der Waals surface area contributed by atoms with Crippen LogP contribution < -0.4 is 0 Å². The van der Waals surface area contributed by atoms with E-state index in [0.717, 1.165) is 44.1 Å². The maximum absolute atomic E-state index is 13.2. The molecule has 3 aliphatic rings. The number of methoxy groups -OCH3 is 1. The molecule has 0 aromatic carbocycles. The normalized spacial score (nSPS) is 26.4. The number of ketones is 1. The number of rotatable bonds is 4. The summed E-state index contributed by atoms with van der Waals surface area (Å²) in [5.41, 5.74) is -2.62. The van der Waals surface area contributed by atoms with E-state index < -0.39 is 39.2 Å². The molecular weight excluding hydrogens is 422 g/mol. The number of halogens is 1. The Morgan fingerprint density at radius 3 is 2.42 bits per heavy atom. The van der Waals surface area contributed by atoms with Gasteiger partial charge in [-0.2, -0.15) is 10.5 Å². The number of hydrogen-bond acceptors (Lipinski definition) is 7. The van der Waals surface area contributed by atoms with Gasteiger partial charge in [-0.3, -0.25) is 4.79 Å². The third-order valence-electron chi connectivity index (χ3n) is 6.29. The van der Waals surface area contributed by atoms with E-state index in [1.165, 1.54) is 0 Å². The number of aryl methyl sites for hydroxylation is 2. The van der Waals surface area contributed by atoms with E-state index in [1.807, 2.05) is 12.1 Å². The van der Waals surface area contributed by atoms with Gasteiger partial charge in [0.2, 0.25) is 5.78 Å². The highest BCUT2D eigenvalue weighted by Crippen LogP contribution is 2.72. The SMILES string of the molecule is CCOC(=O)C1=C(c2cc3c([nH]2)CCCC3)C2(C#N)C(C(=O)OC)=C(Cl)C(=O)C12C#N. The van der Waals surface area contributed by atoms with E-state index in [4.69, 9.17) is 21.1 Å². The minimum Gasteiger partial charge on any atom is -0.466 e. The molecule has 8 nitrogen and oxygen atoms in total. The molecule has 158 valence electrons. The van der Waals surface area contributed by atoms with E-state index in [-0.39, 0.29) is 17.8 Å². The van der Waals surface area contributed by atoms with Crippen LogP contribution in [-0.4, -0.2) is 36.4 Å². The molecule has 9 heteroatoms. The number of Topliss-reactive ketones (excluding diaryl/α,β-unsaturated/α-hetero) is 1. The summed E-state index contributed by atoms with van der Waals surface area (Å²) in [4.78, 5) is 42.0. The summed E-state index contributed by atoms with van der Waals surface area (Å²) in [7, 11) is 1.09. The highest BCUT2D eigenvalue weighted by molar-refractivity contribution is 6.49. The molecule has 0 aliphatic heterocycles. The van der Waals surface area contributed by atoms with E-state index in [1.54, 1.807) is 13.0 Å². The number of nitriles is 2. The number of nitrogens with zero attached hydrogens (tertiary/aromatic N) is 2. The Balaban J connectivity index is 2.08. The molecule has 2 atom stereocenters. The van der Waals surface area contributed by atoms with Crippen molar-refractivity contribution in [1.82, 2.24) is 4.98 Å². The number of H-pyrrole nitrogens is 1. The van der Waals surface area contributed by atoms with Crippen LogP contribution in [0.2, 0.25) is 0 Å². The summed E-state index contributed by atoms with van der Waals surface area (Å²) in [6.45, 7) is 1.58. The molecule has 0 spiro atoms. The summed E-state index contributed by atoms with van der Waals surface area (Å²) >= 11 is 6.21. The summed E-state index contributed by atoms with van der Waals surface area (Å²) < 4.78 is 9.92. The van der Waals surface area contributed by atoms with Crippen molar-refractivity contribution < 1.29 is 23.9 Å². The Morgan fingerprint density at radius 2 is 1.84 bits per heavy atom. The zero-order chi connectivity index (χ0) is 22.6. The van der Waals surface area contributed by atoms with Gasteiger partial charge in [0.15, 0.2) is 5.41 Å². The molecular formula is C22H18ClN3O5. The Morgan fingerprint density at radius 1 is 1.16 bits per heavy atom. The van der Waals surface area contributed by atoms with Crippen LogP contribution in [0.1, 0.15) is 36.7 Å². The fourth-order valence-corrected chi connectivity index (χ4v) is 5.35. The Labute approximate surface area is 183 Å². The second kappa shape index (κ2) is 7.11. The van der Waals surface area contributed by atoms with E-state index >= 15 is 0 Å². The van der Waals surface area contributed by atoms with E-state index in [9.17, 15) is 24.9 Å².